The van der Waals surface area contributed by atoms with E-state index in [1.165, 1.54) is 0 Å². The zero-order valence-corrected chi connectivity index (χ0v) is 20.7. The number of fused-ring (bicyclic) bond motifs is 4. The summed E-state index contributed by atoms with van der Waals surface area (Å²) in [6.07, 6.45) is 1.63. The van der Waals surface area contributed by atoms with E-state index in [0.717, 1.165) is 24.0 Å². The van der Waals surface area contributed by atoms with Crippen molar-refractivity contribution in [3.8, 4) is 5.75 Å². The predicted octanol–water partition coefficient (Wildman–Crippen LogP) is 5.63. The monoisotopic (exact) mass is 523 g/mol. The maximum atomic E-state index is 13.6. The molecule has 3 aromatic rings. The van der Waals surface area contributed by atoms with Crippen LogP contribution in [0, 0.1) is 10.1 Å². The van der Waals surface area contributed by atoms with Gasteiger partial charge in [-0.05, 0) is 37.1 Å². The topological polar surface area (TPSA) is 84.7 Å². The van der Waals surface area contributed by atoms with E-state index >= 15 is 0 Å². The third kappa shape index (κ3) is 3.34. The lowest BCUT2D eigenvalue weighted by atomic mass is 9.77. The number of amides is 1. The molecule has 3 heterocycles. The Morgan fingerprint density at radius 3 is 2.69 bits per heavy atom. The summed E-state index contributed by atoms with van der Waals surface area (Å²) in [5, 5.41) is 16.8. The van der Waals surface area contributed by atoms with E-state index in [9.17, 15) is 14.9 Å². The van der Waals surface area contributed by atoms with Gasteiger partial charge in [-0.1, -0.05) is 65.7 Å². The van der Waals surface area contributed by atoms with Gasteiger partial charge in [-0.2, -0.15) is 0 Å². The minimum atomic E-state index is -1.36. The quantitative estimate of drug-likeness (QED) is 0.346. The Kier molecular flexibility index (Phi) is 5.67. The van der Waals surface area contributed by atoms with Gasteiger partial charge in [0.2, 0.25) is 0 Å². The molecule has 2 fully saturated rings. The average molecular weight is 524 g/mol. The Morgan fingerprint density at radius 1 is 1.11 bits per heavy atom. The molecule has 2 saturated heterocycles. The van der Waals surface area contributed by atoms with Gasteiger partial charge in [0.1, 0.15) is 12.4 Å². The van der Waals surface area contributed by atoms with Crippen molar-refractivity contribution in [2.24, 2.45) is 0 Å². The molecule has 4 atom stereocenters. The standard InChI is InChI=1S/C27H23Cl2N3O4/c28-17-12-11-16(20(29)14-17)15-36-23-10-4-1-6-18(23)24-22-9-5-13-31(22)27(25(24)32(34)35)19-7-2-3-8-21(19)30-26(27)33/h1-4,6-8,10-12,14,22,24-25H,5,9,13,15H2,(H,30,33)/t22-,24+,25+,27-/m0/s1. The third-order valence-corrected chi connectivity index (χ3v) is 8.36. The van der Waals surface area contributed by atoms with Crippen LogP contribution in [0.3, 0.4) is 0 Å². The Labute approximate surface area is 218 Å². The maximum Gasteiger partial charge on any atom is 0.256 e. The number of rotatable bonds is 5. The van der Waals surface area contributed by atoms with Crippen LogP contribution < -0.4 is 10.1 Å². The number of nitro groups is 1. The van der Waals surface area contributed by atoms with Crippen molar-refractivity contribution in [1.29, 1.82) is 0 Å². The van der Waals surface area contributed by atoms with E-state index < -0.39 is 17.5 Å². The van der Waals surface area contributed by atoms with Crippen LogP contribution in [-0.2, 0) is 16.9 Å². The van der Waals surface area contributed by atoms with Gasteiger partial charge in [0.15, 0.2) is 5.54 Å². The molecule has 9 heteroatoms. The van der Waals surface area contributed by atoms with Crippen molar-refractivity contribution in [2.75, 3.05) is 11.9 Å². The molecule has 6 rings (SSSR count). The lowest BCUT2D eigenvalue weighted by Crippen LogP contribution is -2.55. The Hall–Kier alpha value is -3.13. The highest BCUT2D eigenvalue weighted by molar-refractivity contribution is 6.35. The van der Waals surface area contributed by atoms with Gasteiger partial charge in [-0.25, -0.2) is 0 Å². The van der Waals surface area contributed by atoms with Crippen LogP contribution in [0.15, 0.2) is 66.7 Å². The smallest absolute Gasteiger partial charge is 0.256 e. The highest BCUT2D eigenvalue weighted by Gasteiger charge is 2.73. The summed E-state index contributed by atoms with van der Waals surface area (Å²) in [7, 11) is 0. The molecule has 3 aliphatic rings. The Morgan fingerprint density at radius 2 is 1.89 bits per heavy atom. The summed E-state index contributed by atoms with van der Waals surface area (Å²) in [4.78, 5) is 28.3. The first-order valence-corrected chi connectivity index (χ1v) is 12.7. The number of carbonyl (C=O) groups excluding carboxylic acids is 1. The fraction of sp³-hybridized carbons (Fsp3) is 0.296. The molecule has 0 aliphatic carbocycles. The number of carbonyl (C=O) groups is 1. The first-order chi connectivity index (χ1) is 17.4. The number of halogens is 2. The molecular formula is C27H23Cl2N3O4. The molecule has 0 aromatic heterocycles. The van der Waals surface area contributed by atoms with Crippen molar-refractivity contribution in [3.63, 3.8) is 0 Å². The molecule has 1 N–H and O–H groups in total. The Balaban J connectivity index is 1.45. The fourth-order valence-electron chi connectivity index (χ4n) is 6.43. The summed E-state index contributed by atoms with van der Waals surface area (Å²) in [6, 6.07) is 18.6. The average Bonchev–Trinajstić information content (AvgIpc) is 3.52. The summed E-state index contributed by atoms with van der Waals surface area (Å²) >= 11 is 12.4. The number of benzene rings is 3. The van der Waals surface area contributed by atoms with E-state index in [4.69, 9.17) is 27.9 Å². The molecule has 184 valence electrons. The van der Waals surface area contributed by atoms with Gasteiger partial charge in [0.05, 0.1) is 5.92 Å². The molecule has 7 nitrogen and oxygen atoms in total. The van der Waals surface area contributed by atoms with Crippen LogP contribution in [-0.4, -0.2) is 34.4 Å². The molecule has 36 heavy (non-hydrogen) atoms. The van der Waals surface area contributed by atoms with Crippen molar-refractivity contribution >= 4 is 34.8 Å². The fourth-order valence-corrected chi connectivity index (χ4v) is 6.89. The van der Waals surface area contributed by atoms with Crippen molar-refractivity contribution in [3.05, 3.63) is 104 Å². The molecular weight excluding hydrogens is 501 g/mol. The minimum absolute atomic E-state index is 0.166. The number of nitrogens with one attached hydrogen (secondary N) is 1. The SMILES string of the molecule is O=C1Nc2ccccc2[C@]12[C@H]([N+](=O)[O-])[C@H](c1ccccc1OCc1ccc(Cl)cc1Cl)[C@@H]1CCCN12. The molecule has 0 saturated carbocycles. The van der Waals surface area contributed by atoms with Crippen molar-refractivity contribution in [1.82, 2.24) is 4.90 Å². The van der Waals surface area contributed by atoms with E-state index in [1.807, 2.05) is 48.5 Å². The Bertz CT molecular complexity index is 1380. The van der Waals surface area contributed by atoms with E-state index in [-0.39, 0.29) is 23.5 Å². The maximum absolute atomic E-state index is 13.6. The van der Waals surface area contributed by atoms with Crippen LogP contribution >= 0.6 is 23.2 Å². The summed E-state index contributed by atoms with van der Waals surface area (Å²) in [5.41, 5.74) is 1.45. The lowest BCUT2D eigenvalue weighted by Gasteiger charge is -2.32. The van der Waals surface area contributed by atoms with Crippen LogP contribution in [0.4, 0.5) is 5.69 Å². The van der Waals surface area contributed by atoms with Gasteiger partial charge in [0.25, 0.3) is 11.9 Å². The zero-order chi connectivity index (χ0) is 25.0. The molecule has 1 amide bonds. The first-order valence-electron chi connectivity index (χ1n) is 11.9. The lowest BCUT2D eigenvalue weighted by molar-refractivity contribution is -0.534. The highest BCUT2D eigenvalue weighted by atomic mass is 35.5. The van der Waals surface area contributed by atoms with Gasteiger partial charge in [-0.15, -0.1) is 0 Å². The normalized spacial score (nSPS) is 26.6. The molecule has 3 aromatic carbocycles. The number of ether oxygens (including phenoxy) is 1. The van der Waals surface area contributed by atoms with Gasteiger partial charge in [-0.3, -0.25) is 19.8 Å². The van der Waals surface area contributed by atoms with E-state index in [0.29, 0.717) is 33.6 Å². The number of para-hydroxylation sites is 2. The summed E-state index contributed by atoms with van der Waals surface area (Å²) < 4.78 is 6.21. The van der Waals surface area contributed by atoms with Crippen LogP contribution in [0.1, 0.15) is 35.4 Å². The van der Waals surface area contributed by atoms with Crippen LogP contribution in [0.5, 0.6) is 5.75 Å². The van der Waals surface area contributed by atoms with Gasteiger partial charge in [0, 0.05) is 49.9 Å². The summed E-state index contributed by atoms with van der Waals surface area (Å²) in [5.74, 6) is -0.307. The second-order valence-electron chi connectivity index (χ2n) is 9.49. The minimum Gasteiger partial charge on any atom is -0.489 e. The van der Waals surface area contributed by atoms with Gasteiger partial charge >= 0.3 is 0 Å². The highest BCUT2D eigenvalue weighted by Crippen LogP contribution is 2.58. The molecule has 0 unspecified atom stereocenters. The second-order valence-corrected chi connectivity index (χ2v) is 10.3. The molecule has 3 aliphatic heterocycles. The number of nitrogens with zero attached hydrogens (tertiary/aromatic N) is 2. The predicted molar refractivity (Wildman–Crippen MR) is 137 cm³/mol. The zero-order valence-electron chi connectivity index (χ0n) is 19.2. The van der Waals surface area contributed by atoms with E-state index in [1.54, 1.807) is 18.2 Å². The number of hydrogen-bond acceptors (Lipinski definition) is 5. The number of hydrogen-bond donors (Lipinski definition) is 1. The largest absolute Gasteiger partial charge is 0.489 e. The van der Waals surface area contributed by atoms with Crippen molar-refractivity contribution < 1.29 is 14.5 Å². The number of anilines is 1. The first kappa shape index (κ1) is 23.3. The summed E-state index contributed by atoms with van der Waals surface area (Å²) in [6.45, 7) is 0.808. The van der Waals surface area contributed by atoms with E-state index in [2.05, 4.69) is 10.2 Å². The second kappa shape index (κ2) is 8.76. The van der Waals surface area contributed by atoms with Crippen molar-refractivity contribution in [2.45, 2.75) is 43.0 Å². The van der Waals surface area contributed by atoms with Crippen LogP contribution in [0.2, 0.25) is 10.0 Å². The van der Waals surface area contributed by atoms with Gasteiger partial charge < -0.3 is 10.1 Å². The molecule has 1 spiro atoms. The van der Waals surface area contributed by atoms with Crippen LogP contribution in [0.25, 0.3) is 0 Å². The third-order valence-electron chi connectivity index (χ3n) is 7.77. The molecule has 0 radical (unpaired) electrons. The molecule has 0 bridgehead atoms.